The number of ether oxygens (including phenoxy) is 1. The summed E-state index contributed by atoms with van der Waals surface area (Å²) in [5.74, 6) is 0.574. The fraction of sp³-hybridized carbons (Fsp3) is 0.0909. The van der Waals surface area contributed by atoms with E-state index in [-0.39, 0.29) is 11.1 Å². The molecular formula is C22H17NO3S2. The molecule has 0 N–H and O–H groups in total. The van der Waals surface area contributed by atoms with E-state index in [9.17, 15) is 9.59 Å². The van der Waals surface area contributed by atoms with Crippen molar-refractivity contribution in [3.63, 3.8) is 0 Å². The first-order chi connectivity index (χ1) is 13.6. The predicted octanol–water partition coefficient (Wildman–Crippen LogP) is 5.66. The first-order valence-corrected chi connectivity index (χ1v) is 10.4. The molecule has 2 heterocycles. The maximum atomic E-state index is 12.7. The number of nitrogens with zero attached hydrogens (tertiary/aromatic N) is 1. The van der Waals surface area contributed by atoms with Crippen LogP contribution in [0.3, 0.4) is 0 Å². The van der Waals surface area contributed by atoms with Crippen LogP contribution in [0.25, 0.3) is 17.2 Å². The zero-order valence-electron chi connectivity index (χ0n) is 15.1. The summed E-state index contributed by atoms with van der Waals surface area (Å²) < 4.78 is 5.19. The quantitative estimate of drug-likeness (QED) is 0.512. The van der Waals surface area contributed by atoms with Crippen LogP contribution < -0.4 is 4.74 Å². The fourth-order valence-electron chi connectivity index (χ4n) is 2.89. The largest absolute Gasteiger partial charge is 0.497 e. The SMILES string of the molecule is COc1ccc(-c2csc(C=C3SC(=O)N(Cc4ccccc4)C3=O)c2)cc1. The molecular weight excluding hydrogens is 390 g/mol. The molecule has 0 atom stereocenters. The second-order valence-corrected chi connectivity index (χ2v) is 8.16. The first kappa shape index (κ1) is 18.5. The van der Waals surface area contributed by atoms with Gasteiger partial charge in [0.05, 0.1) is 18.6 Å². The van der Waals surface area contributed by atoms with Crippen LogP contribution in [0, 0.1) is 0 Å². The van der Waals surface area contributed by atoms with Crippen molar-refractivity contribution < 1.29 is 14.3 Å². The Morgan fingerprint density at radius 3 is 2.46 bits per heavy atom. The highest BCUT2D eigenvalue weighted by Crippen LogP contribution is 2.35. The van der Waals surface area contributed by atoms with Crippen LogP contribution in [-0.4, -0.2) is 23.2 Å². The van der Waals surface area contributed by atoms with Crippen LogP contribution in [0.1, 0.15) is 10.4 Å². The molecule has 2 amide bonds. The Balaban J connectivity index is 1.52. The number of carbonyl (C=O) groups is 2. The van der Waals surface area contributed by atoms with Crippen molar-refractivity contribution in [2.75, 3.05) is 7.11 Å². The molecule has 1 aromatic heterocycles. The number of rotatable bonds is 5. The Morgan fingerprint density at radius 2 is 1.75 bits per heavy atom. The molecule has 140 valence electrons. The Kier molecular flexibility index (Phi) is 5.32. The molecule has 4 nitrogen and oxygen atoms in total. The third kappa shape index (κ3) is 3.88. The molecule has 1 fully saturated rings. The van der Waals surface area contributed by atoms with Gasteiger partial charge in [0.25, 0.3) is 11.1 Å². The normalized spacial score (nSPS) is 15.5. The standard InChI is InChI=1S/C22H17NO3S2/c1-26-18-9-7-16(8-10-18)17-11-19(27-14-17)12-20-21(24)23(22(25)28-20)13-15-5-3-2-4-6-15/h2-12,14H,13H2,1H3. The van der Waals surface area contributed by atoms with Crippen LogP contribution in [0.5, 0.6) is 5.75 Å². The van der Waals surface area contributed by atoms with Gasteiger partial charge in [-0.3, -0.25) is 14.5 Å². The zero-order valence-corrected chi connectivity index (χ0v) is 16.8. The number of imide groups is 1. The minimum absolute atomic E-state index is 0.230. The van der Waals surface area contributed by atoms with Crippen molar-refractivity contribution in [3.8, 4) is 16.9 Å². The van der Waals surface area contributed by atoms with Gasteiger partial charge in [0.15, 0.2) is 0 Å². The summed E-state index contributed by atoms with van der Waals surface area (Å²) in [5.41, 5.74) is 3.08. The maximum Gasteiger partial charge on any atom is 0.293 e. The third-order valence-electron chi connectivity index (χ3n) is 4.37. The minimum atomic E-state index is -0.238. The molecule has 3 aromatic rings. The van der Waals surface area contributed by atoms with E-state index in [1.807, 2.05) is 66.0 Å². The van der Waals surface area contributed by atoms with Crippen molar-refractivity contribution in [3.05, 3.63) is 81.4 Å². The van der Waals surface area contributed by atoms with Gasteiger partial charge in [-0.2, -0.15) is 0 Å². The lowest BCUT2D eigenvalue weighted by atomic mass is 10.1. The predicted molar refractivity (Wildman–Crippen MR) is 114 cm³/mol. The van der Waals surface area contributed by atoms with Crippen LogP contribution in [0.15, 0.2) is 70.9 Å². The third-order valence-corrected chi connectivity index (χ3v) is 6.16. The molecule has 0 aliphatic carbocycles. The molecule has 0 bridgehead atoms. The van der Waals surface area contributed by atoms with Gasteiger partial charge in [-0.25, -0.2) is 0 Å². The van der Waals surface area contributed by atoms with E-state index in [1.54, 1.807) is 24.5 Å². The molecule has 28 heavy (non-hydrogen) atoms. The molecule has 2 aromatic carbocycles. The van der Waals surface area contributed by atoms with Crippen LogP contribution >= 0.6 is 23.1 Å². The monoisotopic (exact) mass is 407 g/mol. The first-order valence-electron chi connectivity index (χ1n) is 8.66. The van der Waals surface area contributed by atoms with Gasteiger partial charge in [0, 0.05) is 4.88 Å². The molecule has 1 aliphatic heterocycles. The van der Waals surface area contributed by atoms with Crippen molar-refractivity contribution in [2.24, 2.45) is 0 Å². The smallest absolute Gasteiger partial charge is 0.293 e. The second-order valence-electron chi connectivity index (χ2n) is 6.22. The van der Waals surface area contributed by atoms with E-state index in [0.29, 0.717) is 11.4 Å². The van der Waals surface area contributed by atoms with Crippen LogP contribution in [-0.2, 0) is 11.3 Å². The number of benzene rings is 2. The van der Waals surface area contributed by atoms with Gasteiger partial charge < -0.3 is 4.74 Å². The lowest BCUT2D eigenvalue weighted by Gasteiger charge is -2.11. The maximum absolute atomic E-state index is 12.7. The average Bonchev–Trinajstić information content (AvgIpc) is 3.29. The van der Waals surface area contributed by atoms with E-state index in [0.717, 1.165) is 39.1 Å². The molecule has 0 radical (unpaired) electrons. The topological polar surface area (TPSA) is 46.6 Å². The summed E-state index contributed by atoms with van der Waals surface area (Å²) in [6.45, 7) is 0.296. The van der Waals surface area contributed by atoms with Gasteiger partial charge in [0.2, 0.25) is 0 Å². The number of methoxy groups -OCH3 is 1. The molecule has 6 heteroatoms. The number of thiophene rings is 1. The molecule has 0 spiro atoms. The van der Waals surface area contributed by atoms with Crippen LogP contribution in [0.4, 0.5) is 4.79 Å². The van der Waals surface area contributed by atoms with Gasteiger partial charge in [0.1, 0.15) is 5.75 Å². The van der Waals surface area contributed by atoms with Crippen molar-refractivity contribution >= 4 is 40.3 Å². The van der Waals surface area contributed by atoms with Crippen molar-refractivity contribution in [2.45, 2.75) is 6.54 Å². The van der Waals surface area contributed by atoms with Gasteiger partial charge in [-0.1, -0.05) is 42.5 Å². The van der Waals surface area contributed by atoms with E-state index < -0.39 is 0 Å². The van der Waals surface area contributed by atoms with Crippen molar-refractivity contribution in [1.82, 2.24) is 4.90 Å². The van der Waals surface area contributed by atoms with E-state index >= 15 is 0 Å². The summed E-state index contributed by atoms with van der Waals surface area (Å²) in [5, 5.41) is 1.81. The summed E-state index contributed by atoms with van der Waals surface area (Å²) in [6, 6.07) is 19.4. The molecule has 0 unspecified atom stereocenters. The Hall–Kier alpha value is -2.83. The minimum Gasteiger partial charge on any atom is -0.497 e. The number of hydrogen-bond acceptors (Lipinski definition) is 5. The highest BCUT2D eigenvalue weighted by Gasteiger charge is 2.35. The summed E-state index contributed by atoms with van der Waals surface area (Å²) in [4.78, 5) is 27.7. The highest BCUT2D eigenvalue weighted by atomic mass is 32.2. The number of hydrogen-bond donors (Lipinski definition) is 0. The fourth-order valence-corrected chi connectivity index (χ4v) is 4.65. The second kappa shape index (κ2) is 8.04. The van der Waals surface area contributed by atoms with E-state index in [4.69, 9.17) is 4.74 Å². The lowest BCUT2D eigenvalue weighted by molar-refractivity contribution is -0.123. The summed E-state index contributed by atoms with van der Waals surface area (Å²) in [7, 11) is 1.64. The Bertz CT molecular complexity index is 1040. The Morgan fingerprint density at radius 1 is 1.00 bits per heavy atom. The van der Waals surface area contributed by atoms with Gasteiger partial charge >= 0.3 is 0 Å². The van der Waals surface area contributed by atoms with E-state index in [1.165, 1.54) is 4.90 Å². The number of amides is 2. The number of carbonyl (C=O) groups excluding carboxylic acids is 2. The molecule has 1 saturated heterocycles. The summed E-state index contributed by atoms with van der Waals surface area (Å²) >= 11 is 2.54. The van der Waals surface area contributed by atoms with Gasteiger partial charge in [-0.05, 0) is 58.1 Å². The van der Waals surface area contributed by atoms with E-state index in [2.05, 4.69) is 0 Å². The molecule has 4 rings (SSSR count). The Labute approximate surface area is 171 Å². The average molecular weight is 408 g/mol. The summed E-state index contributed by atoms with van der Waals surface area (Å²) in [6.07, 6.45) is 1.80. The van der Waals surface area contributed by atoms with Crippen LogP contribution in [0.2, 0.25) is 0 Å². The van der Waals surface area contributed by atoms with Crippen molar-refractivity contribution in [1.29, 1.82) is 0 Å². The van der Waals surface area contributed by atoms with Gasteiger partial charge in [-0.15, -0.1) is 11.3 Å². The highest BCUT2D eigenvalue weighted by molar-refractivity contribution is 8.18. The molecule has 1 aliphatic rings. The lowest BCUT2D eigenvalue weighted by Crippen LogP contribution is -2.27. The molecule has 0 saturated carbocycles. The zero-order chi connectivity index (χ0) is 19.5. The number of thioether (sulfide) groups is 1.